The van der Waals surface area contributed by atoms with Gasteiger partial charge in [-0.25, -0.2) is 18.7 Å². The molecule has 1 unspecified atom stereocenters. The zero-order chi connectivity index (χ0) is 27.5. The van der Waals surface area contributed by atoms with Crippen molar-refractivity contribution in [2.75, 3.05) is 46.4 Å². The fourth-order valence-electron chi connectivity index (χ4n) is 3.47. The highest BCUT2D eigenvalue weighted by Crippen LogP contribution is 2.40. The molecular formula is C26H33F2N5O4. The van der Waals surface area contributed by atoms with Gasteiger partial charge in [0.25, 0.3) is 0 Å². The number of pyridine rings is 1. The van der Waals surface area contributed by atoms with Crippen molar-refractivity contribution < 1.29 is 28.1 Å². The van der Waals surface area contributed by atoms with Crippen LogP contribution in [0.2, 0.25) is 0 Å². The van der Waals surface area contributed by atoms with Crippen LogP contribution in [0.3, 0.4) is 0 Å². The fourth-order valence-corrected chi connectivity index (χ4v) is 3.47. The van der Waals surface area contributed by atoms with E-state index in [4.69, 9.17) is 14.2 Å². The van der Waals surface area contributed by atoms with Crippen LogP contribution < -0.4 is 14.4 Å². The number of fused-ring (bicyclic) bond motifs is 1. The van der Waals surface area contributed by atoms with Gasteiger partial charge in [-0.15, -0.1) is 0 Å². The van der Waals surface area contributed by atoms with Gasteiger partial charge in [-0.3, -0.25) is 9.98 Å². The molecule has 0 bridgehead atoms. The van der Waals surface area contributed by atoms with Crippen molar-refractivity contribution in [3.8, 4) is 11.5 Å². The summed E-state index contributed by atoms with van der Waals surface area (Å²) in [5, 5.41) is 10.4. The summed E-state index contributed by atoms with van der Waals surface area (Å²) in [4.78, 5) is 18.6. The lowest BCUT2D eigenvalue weighted by Crippen LogP contribution is -2.33. The molecule has 1 N–H and O–H groups in total. The molecule has 11 heteroatoms. The maximum Gasteiger partial charge on any atom is 0.191 e. The van der Waals surface area contributed by atoms with Crippen LogP contribution in [0, 0.1) is 11.6 Å². The Hall–Kier alpha value is -3.70. The number of halogens is 2. The third kappa shape index (κ3) is 6.75. The van der Waals surface area contributed by atoms with Crippen LogP contribution in [-0.4, -0.2) is 73.9 Å². The molecule has 0 aliphatic heterocycles. The zero-order valence-electron chi connectivity index (χ0n) is 22.1. The highest BCUT2D eigenvalue weighted by Gasteiger charge is 2.28. The van der Waals surface area contributed by atoms with Crippen molar-refractivity contribution in [3.63, 3.8) is 0 Å². The quantitative estimate of drug-likeness (QED) is 0.390. The first-order valence-corrected chi connectivity index (χ1v) is 11.7. The van der Waals surface area contributed by atoms with Gasteiger partial charge in [-0.2, -0.15) is 0 Å². The lowest BCUT2D eigenvalue weighted by molar-refractivity contribution is 0.0699. The SMILES string of the molecule is C/C=C(\C=NC)c1cnc2ccc(N(CC(O)COC)c3c(F)c(OC)cc(OC)c3F)nc2n1.CC. The van der Waals surface area contributed by atoms with Gasteiger partial charge < -0.3 is 24.2 Å². The van der Waals surface area contributed by atoms with Gasteiger partial charge in [0.2, 0.25) is 0 Å². The fraction of sp³-hybridized carbons (Fsp3) is 0.385. The van der Waals surface area contributed by atoms with Gasteiger partial charge in [-0.1, -0.05) is 19.9 Å². The summed E-state index contributed by atoms with van der Waals surface area (Å²) in [5.41, 5.74) is 1.48. The summed E-state index contributed by atoms with van der Waals surface area (Å²) in [5.74, 6) is -2.30. The van der Waals surface area contributed by atoms with Crippen molar-refractivity contribution in [1.29, 1.82) is 0 Å². The predicted molar refractivity (Wildman–Crippen MR) is 141 cm³/mol. The molecular weight excluding hydrogens is 484 g/mol. The molecule has 1 aromatic carbocycles. The molecule has 0 saturated carbocycles. The second kappa shape index (κ2) is 14.1. The third-order valence-corrected chi connectivity index (χ3v) is 5.12. The minimum atomic E-state index is -1.10. The molecule has 0 spiro atoms. The van der Waals surface area contributed by atoms with Crippen LogP contribution >= 0.6 is 0 Å². The van der Waals surface area contributed by atoms with E-state index >= 15 is 8.78 Å². The Labute approximate surface area is 215 Å². The first kappa shape index (κ1) is 29.5. The molecule has 3 aromatic rings. The van der Waals surface area contributed by atoms with Gasteiger partial charge in [0.15, 0.2) is 28.8 Å². The summed E-state index contributed by atoms with van der Waals surface area (Å²) in [6, 6.07) is 4.27. The standard InChI is InChI=1S/C24H27F2N5O4.C2H6/c1-6-14(10-27-2)17-11-28-16-7-8-20(30-24(16)29-17)31(12-15(32)13-33-3)23-21(25)18(34-4)9-19(35-5)22(23)26;1-2/h6-11,15,32H,12-13H2,1-5H3;1-2H3/b14-6+,27-10?;. The molecule has 2 heterocycles. The van der Waals surface area contributed by atoms with E-state index in [1.807, 2.05) is 26.8 Å². The largest absolute Gasteiger partial charge is 0.493 e. The van der Waals surface area contributed by atoms with Gasteiger partial charge >= 0.3 is 0 Å². The minimum absolute atomic E-state index is 0.0701. The monoisotopic (exact) mass is 517 g/mol. The third-order valence-electron chi connectivity index (χ3n) is 5.12. The molecule has 9 nitrogen and oxygen atoms in total. The summed E-state index contributed by atoms with van der Waals surface area (Å²) in [7, 11) is 5.57. The second-order valence-corrected chi connectivity index (χ2v) is 7.38. The Morgan fingerprint density at radius 3 is 2.30 bits per heavy atom. The molecule has 0 radical (unpaired) electrons. The number of ether oxygens (including phenoxy) is 3. The highest BCUT2D eigenvalue weighted by atomic mass is 19.1. The molecule has 0 aliphatic carbocycles. The van der Waals surface area contributed by atoms with Crippen molar-refractivity contribution >= 4 is 34.5 Å². The van der Waals surface area contributed by atoms with Crippen LogP contribution in [-0.2, 0) is 4.74 Å². The maximum atomic E-state index is 15.4. The van der Waals surface area contributed by atoms with Crippen molar-refractivity contribution in [2.45, 2.75) is 26.9 Å². The van der Waals surface area contributed by atoms with Crippen LogP contribution in [0.5, 0.6) is 11.5 Å². The van der Waals surface area contributed by atoms with Crippen molar-refractivity contribution in [3.05, 3.63) is 47.8 Å². The molecule has 0 saturated heterocycles. The second-order valence-electron chi connectivity index (χ2n) is 7.38. The first-order chi connectivity index (χ1) is 17.9. The molecule has 2 aromatic heterocycles. The Balaban J connectivity index is 0.00000235. The number of aromatic nitrogens is 3. The molecule has 37 heavy (non-hydrogen) atoms. The Bertz CT molecular complexity index is 1230. The number of anilines is 2. The molecule has 0 fully saturated rings. The van der Waals surface area contributed by atoms with Crippen LogP contribution in [0.4, 0.5) is 20.3 Å². The van der Waals surface area contributed by atoms with Crippen molar-refractivity contribution in [1.82, 2.24) is 15.0 Å². The minimum Gasteiger partial charge on any atom is -0.493 e. The van der Waals surface area contributed by atoms with Crippen molar-refractivity contribution in [2.24, 2.45) is 4.99 Å². The number of aliphatic hydroxyl groups excluding tert-OH is 1. The van der Waals surface area contributed by atoms with E-state index < -0.39 is 23.4 Å². The lowest BCUT2D eigenvalue weighted by atomic mass is 10.2. The van der Waals surface area contributed by atoms with Gasteiger partial charge in [0.1, 0.15) is 17.0 Å². The van der Waals surface area contributed by atoms with E-state index in [0.717, 1.165) is 11.6 Å². The normalized spacial score (nSPS) is 12.3. The lowest BCUT2D eigenvalue weighted by Gasteiger charge is -2.28. The van der Waals surface area contributed by atoms with E-state index in [0.29, 0.717) is 11.2 Å². The molecule has 0 amide bonds. The number of rotatable bonds is 10. The average molecular weight is 518 g/mol. The molecule has 1 atom stereocenters. The molecule has 3 rings (SSSR count). The summed E-state index contributed by atoms with van der Waals surface area (Å²) >= 11 is 0. The Morgan fingerprint density at radius 2 is 1.76 bits per heavy atom. The van der Waals surface area contributed by atoms with E-state index in [1.165, 1.54) is 32.3 Å². The van der Waals surface area contributed by atoms with Crippen LogP contribution in [0.1, 0.15) is 26.5 Å². The molecule has 0 aliphatic rings. The Kier molecular flexibility index (Phi) is 11.3. The van der Waals surface area contributed by atoms with Gasteiger partial charge in [0, 0.05) is 32.0 Å². The molecule has 200 valence electrons. The average Bonchev–Trinajstić information content (AvgIpc) is 2.92. The summed E-state index contributed by atoms with van der Waals surface area (Å²) in [6.07, 6.45) is 3.96. The maximum absolute atomic E-state index is 15.4. The smallest absolute Gasteiger partial charge is 0.191 e. The summed E-state index contributed by atoms with van der Waals surface area (Å²) < 4.78 is 45.9. The number of hydrogen-bond acceptors (Lipinski definition) is 9. The Morgan fingerprint density at radius 1 is 1.11 bits per heavy atom. The zero-order valence-corrected chi connectivity index (χ0v) is 22.1. The number of aliphatic imine (C=N–C) groups is 1. The van der Waals surface area contributed by atoms with E-state index in [-0.39, 0.29) is 36.1 Å². The number of methoxy groups -OCH3 is 3. The summed E-state index contributed by atoms with van der Waals surface area (Å²) in [6.45, 7) is 5.53. The number of nitrogens with zero attached hydrogens (tertiary/aromatic N) is 5. The van der Waals surface area contributed by atoms with E-state index in [1.54, 1.807) is 25.5 Å². The number of allylic oxidation sites excluding steroid dienone is 2. The highest BCUT2D eigenvalue weighted by molar-refractivity contribution is 6.09. The number of hydrogen-bond donors (Lipinski definition) is 1. The van der Waals surface area contributed by atoms with E-state index in [9.17, 15) is 5.11 Å². The predicted octanol–water partition coefficient (Wildman–Crippen LogP) is 4.60. The number of benzene rings is 1. The topological polar surface area (TPSA) is 102 Å². The number of aliphatic hydroxyl groups is 1. The van der Waals surface area contributed by atoms with Gasteiger partial charge in [0.05, 0.1) is 45.4 Å². The van der Waals surface area contributed by atoms with Crippen LogP contribution in [0.25, 0.3) is 16.7 Å². The van der Waals surface area contributed by atoms with Gasteiger partial charge in [-0.05, 0) is 19.1 Å². The van der Waals surface area contributed by atoms with E-state index in [2.05, 4.69) is 19.9 Å². The van der Waals surface area contributed by atoms with Crippen LogP contribution in [0.15, 0.2) is 35.5 Å². The first-order valence-electron chi connectivity index (χ1n) is 11.7.